The van der Waals surface area contributed by atoms with E-state index < -0.39 is 0 Å². The van der Waals surface area contributed by atoms with Gasteiger partial charge in [0.1, 0.15) is 0 Å². The summed E-state index contributed by atoms with van der Waals surface area (Å²) < 4.78 is 1.84. The Labute approximate surface area is 100 Å². The van der Waals surface area contributed by atoms with Crippen molar-refractivity contribution >= 4 is 17.7 Å². The molecule has 0 saturated carbocycles. The SMILES string of the molecule is CC(=Cc1ccc(-n2cccn2)cc1)CCl. The molecule has 0 fully saturated rings. The van der Waals surface area contributed by atoms with Gasteiger partial charge < -0.3 is 0 Å². The first kappa shape index (κ1) is 11.0. The van der Waals surface area contributed by atoms with Gasteiger partial charge in [0, 0.05) is 18.3 Å². The van der Waals surface area contributed by atoms with E-state index >= 15 is 0 Å². The molecule has 0 unspecified atom stereocenters. The number of aromatic nitrogens is 2. The Morgan fingerprint density at radius 3 is 2.69 bits per heavy atom. The summed E-state index contributed by atoms with van der Waals surface area (Å²) in [5.41, 5.74) is 3.38. The molecule has 0 atom stereocenters. The highest BCUT2D eigenvalue weighted by atomic mass is 35.5. The molecule has 16 heavy (non-hydrogen) atoms. The van der Waals surface area contributed by atoms with Crippen molar-refractivity contribution in [1.29, 1.82) is 0 Å². The zero-order valence-corrected chi connectivity index (χ0v) is 9.85. The van der Waals surface area contributed by atoms with Gasteiger partial charge in [-0.1, -0.05) is 23.8 Å². The molecule has 2 rings (SSSR count). The van der Waals surface area contributed by atoms with E-state index in [0.717, 1.165) is 16.8 Å². The quantitative estimate of drug-likeness (QED) is 0.741. The van der Waals surface area contributed by atoms with E-state index in [1.54, 1.807) is 6.20 Å². The van der Waals surface area contributed by atoms with E-state index in [1.807, 2.05) is 36.0 Å². The van der Waals surface area contributed by atoms with Gasteiger partial charge in [-0.05, 0) is 30.7 Å². The minimum absolute atomic E-state index is 0.570. The van der Waals surface area contributed by atoms with Crippen LogP contribution in [0.25, 0.3) is 11.8 Å². The maximum Gasteiger partial charge on any atom is 0.0645 e. The van der Waals surface area contributed by atoms with Crippen LogP contribution in [0, 0.1) is 0 Å². The van der Waals surface area contributed by atoms with Gasteiger partial charge in [-0.15, -0.1) is 11.6 Å². The summed E-state index contributed by atoms with van der Waals surface area (Å²) in [5.74, 6) is 0.570. The number of alkyl halides is 1. The van der Waals surface area contributed by atoms with Crippen LogP contribution >= 0.6 is 11.6 Å². The average molecular weight is 233 g/mol. The normalized spacial score (nSPS) is 11.8. The minimum Gasteiger partial charge on any atom is -0.241 e. The van der Waals surface area contributed by atoms with Gasteiger partial charge in [0.05, 0.1) is 5.69 Å². The molecule has 0 spiro atoms. The number of rotatable bonds is 3. The predicted molar refractivity (Wildman–Crippen MR) is 67.9 cm³/mol. The lowest BCUT2D eigenvalue weighted by Gasteiger charge is -2.02. The fraction of sp³-hybridized carbons (Fsp3) is 0.154. The maximum absolute atomic E-state index is 5.73. The lowest BCUT2D eigenvalue weighted by Crippen LogP contribution is -1.93. The Hall–Kier alpha value is -1.54. The molecule has 82 valence electrons. The van der Waals surface area contributed by atoms with Crippen LogP contribution in [0.4, 0.5) is 0 Å². The Balaban J connectivity index is 2.23. The second-order valence-electron chi connectivity index (χ2n) is 3.67. The predicted octanol–water partition coefficient (Wildman–Crippen LogP) is 3.51. The fourth-order valence-electron chi connectivity index (χ4n) is 1.47. The van der Waals surface area contributed by atoms with Gasteiger partial charge in [0.15, 0.2) is 0 Å². The Morgan fingerprint density at radius 1 is 1.38 bits per heavy atom. The number of benzene rings is 1. The lowest BCUT2D eigenvalue weighted by molar-refractivity contribution is 0.880. The summed E-state index contributed by atoms with van der Waals surface area (Å²) >= 11 is 5.73. The minimum atomic E-state index is 0.570. The van der Waals surface area contributed by atoms with Crippen molar-refractivity contribution in [3.8, 4) is 5.69 Å². The van der Waals surface area contributed by atoms with Crippen molar-refractivity contribution in [2.75, 3.05) is 5.88 Å². The summed E-state index contributed by atoms with van der Waals surface area (Å²) in [6.45, 7) is 2.02. The second kappa shape index (κ2) is 4.99. The maximum atomic E-state index is 5.73. The molecule has 1 aromatic carbocycles. The van der Waals surface area contributed by atoms with Gasteiger partial charge >= 0.3 is 0 Å². The fourth-order valence-corrected chi connectivity index (χ4v) is 1.55. The molecule has 1 aromatic heterocycles. The number of hydrogen-bond donors (Lipinski definition) is 0. The average Bonchev–Trinajstić information content (AvgIpc) is 2.83. The molecule has 0 N–H and O–H groups in total. The van der Waals surface area contributed by atoms with Crippen molar-refractivity contribution in [2.24, 2.45) is 0 Å². The van der Waals surface area contributed by atoms with Crippen LogP contribution in [0.3, 0.4) is 0 Å². The van der Waals surface area contributed by atoms with Crippen LogP contribution in [0.1, 0.15) is 12.5 Å². The molecule has 3 heteroatoms. The highest BCUT2D eigenvalue weighted by Gasteiger charge is 1.95. The van der Waals surface area contributed by atoms with Crippen molar-refractivity contribution in [3.05, 3.63) is 53.9 Å². The molecule has 0 aliphatic rings. The van der Waals surface area contributed by atoms with Crippen molar-refractivity contribution in [2.45, 2.75) is 6.92 Å². The van der Waals surface area contributed by atoms with E-state index in [1.165, 1.54) is 0 Å². The first-order valence-corrected chi connectivity index (χ1v) is 5.66. The molecule has 2 aromatic rings. The van der Waals surface area contributed by atoms with Crippen molar-refractivity contribution < 1.29 is 0 Å². The zero-order valence-electron chi connectivity index (χ0n) is 9.10. The third kappa shape index (κ3) is 2.52. The largest absolute Gasteiger partial charge is 0.241 e. The summed E-state index contributed by atoms with van der Waals surface area (Å²) in [5, 5.41) is 4.17. The molecule has 0 radical (unpaired) electrons. The molecule has 0 aliphatic heterocycles. The van der Waals surface area contributed by atoms with E-state index in [0.29, 0.717) is 5.88 Å². The topological polar surface area (TPSA) is 17.8 Å². The Bertz CT molecular complexity index is 469. The number of halogens is 1. The Morgan fingerprint density at radius 2 is 2.12 bits per heavy atom. The third-order valence-electron chi connectivity index (χ3n) is 2.29. The standard InChI is InChI=1S/C13H13ClN2/c1-11(10-14)9-12-3-5-13(6-4-12)16-8-2-7-15-16/h2-9H,10H2,1H3. The number of hydrogen-bond acceptors (Lipinski definition) is 1. The molecular weight excluding hydrogens is 220 g/mol. The van der Waals surface area contributed by atoms with E-state index in [4.69, 9.17) is 11.6 Å². The molecule has 2 nitrogen and oxygen atoms in total. The van der Waals surface area contributed by atoms with E-state index in [9.17, 15) is 0 Å². The zero-order chi connectivity index (χ0) is 11.4. The summed E-state index contributed by atoms with van der Waals surface area (Å²) in [4.78, 5) is 0. The second-order valence-corrected chi connectivity index (χ2v) is 3.93. The van der Waals surface area contributed by atoms with Crippen molar-refractivity contribution in [1.82, 2.24) is 9.78 Å². The van der Waals surface area contributed by atoms with Crippen LogP contribution < -0.4 is 0 Å². The summed E-state index contributed by atoms with van der Waals surface area (Å²) in [6.07, 6.45) is 5.78. The highest BCUT2D eigenvalue weighted by Crippen LogP contribution is 2.12. The molecule has 0 aliphatic carbocycles. The van der Waals surface area contributed by atoms with Gasteiger partial charge in [0.25, 0.3) is 0 Å². The highest BCUT2D eigenvalue weighted by molar-refractivity contribution is 6.19. The first-order chi connectivity index (χ1) is 7.79. The first-order valence-electron chi connectivity index (χ1n) is 5.13. The Kier molecular flexibility index (Phi) is 3.42. The van der Waals surface area contributed by atoms with Crippen LogP contribution in [0.15, 0.2) is 48.3 Å². The van der Waals surface area contributed by atoms with Gasteiger partial charge in [-0.2, -0.15) is 5.10 Å². The van der Waals surface area contributed by atoms with Crippen molar-refractivity contribution in [3.63, 3.8) is 0 Å². The van der Waals surface area contributed by atoms with Crippen LogP contribution in [-0.4, -0.2) is 15.7 Å². The third-order valence-corrected chi connectivity index (χ3v) is 2.71. The summed E-state index contributed by atoms with van der Waals surface area (Å²) in [7, 11) is 0. The van der Waals surface area contributed by atoms with Crippen LogP contribution in [-0.2, 0) is 0 Å². The monoisotopic (exact) mass is 232 g/mol. The number of nitrogens with zero attached hydrogens (tertiary/aromatic N) is 2. The number of allylic oxidation sites excluding steroid dienone is 1. The van der Waals surface area contributed by atoms with Gasteiger partial charge in [0.2, 0.25) is 0 Å². The molecule has 0 amide bonds. The summed E-state index contributed by atoms with van der Waals surface area (Å²) in [6, 6.07) is 10.1. The van der Waals surface area contributed by atoms with Crippen LogP contribution in [0.2, 0.25) is 0 Å². The molecule has 0 saturated heterocycles. The molecule has 0 bridgehead atoms. The van der Waals surface area contributed by atoms with E-state index in [-0.39, 0.29) is 0 Å². The smallest absolute Gasteiger partial charge is 0.0645 e. The molecular formula is C13H13ClN2. The molecule has 1 heterocycles. The van der Waals surface area contributed by atoms with Gasteiger partial charge in [-0.25, -0.2) is 4.68 Å². The van der Waals surface area contributed by atoms with Gasteiger partial charge in [-0.3, -0.25) is 0 Å². The van der Waals surface area contributed by atoms with Crippen LogP contribution in [0.5, 0.6) is 0 Å². The van der Waals surface area contributed by atoms with E-state index in [2.05, 4.69) is 23.3 Å². The lowest BCUT2D eigenvalue weighted by atomic mass is 10.1.